The number of hydrogen-bond acceptors (Lipinski definition) is 2. The quantitative estimate of drug-likeness (QED) is 0.779. The smallest absolute Gasteiger partial charge is 0.230 e. The van der Waals surface area contributed by atoms with E-state index in [4.69, 9.17) is 0 Å². The highest BCUT2D eigenvalue weighted by molar-refractivity contribution is 6.03. The van der Waals surface area contributed by atoms with Crippen LogP contribution in [-0.4, -0.2) is 11.8 Å². The predicted octanol–water partition coefficient (Wildman–Crippen LogP) is 1.45. The first-order valence-corrected chi connectivity index (χ1v) is 5.61. The fourth-order valence-electron chi connectivity index (χ4n) is 2.14. The first-order chi connectivity index (χ1) is 7.70. The third-order valence-electron chi connectivity index (χ3n) is 3.03. The molecule has 1 unspecified atom stereocenters. The van der Waals surface area contributed by atoms with Crippen molar-refractivity contribution < 1.29 is 9.59 Å². The molecule has 3 nitrogen and oxygen atoms in total. The SMILES string of the molecule is CCc1ccccc1CC1CC(=O)NC1=O. The summed E-state index contributed by atoms with van der Waals surface area (Å²) in [5.74, 6) is -0.458. The maximum absolute atomic E-state index is 11.5. The molecule has 0 saturated carbocycles. The molecule has 84 valence electrons. The van der Waals surface area contributed by atoms with Gasteiger partial charge < -0.3 is 0 Å². The number of carbonyl (C=O) groups is 2. The summed E-state index contributed by atoms with van der Waals surface area (Å²) in [6, 6.07) is 8.09. The normalized spacial score (nSPS) is 19.9. The van der Waals surface area contributed by atoms with E-state index in [1.165, 1.54) is 11.1 Å². The molecule has 0 radical (unpaired) electrons. The fraction of sp³-hybridized carbons (Fsp3) is 0.385. The monoisotopic (exact) mass is 217 g/mol. The molecule has 1 saturated heterocycles. The van der Waals surface area contributed by atoms with Crippen molar-refractivity contribution in [1.29, 1.82) is 0 Å². The first kappa shape index (κ1) is 10.9. The average molecular weight is 217 g/mol. The van der Waals surface area contributed by atoms with Crippen LogP contribution < -0.4 is 5.32 Å². The Kier molecular flexibility index (Phi) is 3.04. The van der Waals surface area contributed by atoms with E-state index in [1.807, 2.05) is 18.2 Å². The summed E-state index contributed by atoms with van der Waals surface area (Å²) in [5, 5.41) is 2.35. The van der Waals surface area contributed by atoms with E-state index >= 15 is 0 Å². The lowest BCUT2D eigenvalue weighted by atomic mass is 9.93. The van der Waals surface area contributed by atoms with Gasteiger partial charge in [-0.2, -0.15) is 0 Å². The molecule has 1 atom stereocenters. The number of amides is 2. The van der Waals surface area contributed by atoms with Crippen LogP contribution in [-0.2, 0) is 22.4 Å². The Bertz CT molecular complexity index is 426. The standard InChI is InChI=1S/C13H15NO2/c1-2-9-5-3-4-6-10(9)7-11-8-12(15)14-13(11)16/h3-6,11H,2,7-8H2,1H3,(H,14,15,16). The second kappa shape index (κ2) is 4.47. The Morgan fingerprint density at radius 2 is 1.94 bits per heavy atom. The minimum absolute atomic E-state index is 0.129. The molecule has 0 bridgehead atoms. The zero-order valence-electron chi connectivity index (χ0n) is 9.32. The Hall–Kier alpha value is -1.64. The van der Waals surface area contributed by atoms with Gasteiger partial charge >= 0.3 is 0 Å². The molecule has 0 aromatic heterocycles. The van der Waals surface area contributed by atoms with Gasteiger partial charge in [-0.3, -0.25) is 14.9 Å². The molecular weight excluding hydrogens is 202 g/mol. The van der Waals surface area contributed by atoms with Crippen LogP contribution in [0.15, 0.2) is 24.3 Å². The van der Waals surface area contributed by atoms with Crippen molar-refractivity contribution in [3.63, 3.8) is 0 Å². The van der Waals surface area contributed by atoms with E-state index in [0.29, 0.717) is 12.8 Å². The zero-order chi connectivity index (χ0) is 11.5. The summed E-state index contributed by atoms with van der Waals surface area (Å²) in [4.78, 5) is 22.5. The van der Waals surface area contributed by atoms with Gasteiger partial charge in [0.05, 0.1) is 5.92 Å². The van der Waals surface area contributed by atoms with Gasteiger partial charge in [0.2, 0.25) is 11.8 Å². The van der Waals surface area contributed by atoms with Crippen LogP contribution in [0.5, 0.6) is 0 Å². The molecule has 1 N–H and O–H groups in total. The average Bonchev–Trinajstić information content (AvgIpc) is 2.58. The molecule has 1 aliphatic heterocycles. The highest BCUT2D eigenvalue weighted by Crippen LogP contribution is 2.20. The van der Waals surface area contributed by atoms with Gasteiger partial charge in [0.25, 0.3) is 0 Å². The lowest BCUT2D eigenvalue weighted by Crippen LogP contribution is -2.23. The summed E-state index contributed by atoms with van der Waals surface area (Å²) in [7, 11) is 0. The maximum atomic E-state index is 11.5. The van der Waals surface area contributed by atoms with E-state index in [2.05, 4.69) is 18.3 Å². The first-order valence-electron chi connectivity index (χ1n) is 5.61. The summed E-state index contributed by atoms with van der Waals surface area (Å²) < 4.78 is 0. The van der Waals surface area contributed by atoms with E-state index in [1.54, 1.807) is 0 Å². The van der Waals surface area contributed by atoms with Crippen molar-refractivity contribution in [1.82, 2.24) is 5.32 Å². The van der Waals surface area contributed by atoms with Gasteiger partial charge in [-0.1, -0.05) is 31.2 Å². The molecule has 0 spiro atoms. The van der Waals surface area contributed by atoms with Crippen LogP contribution in [0.3, 0.4) is 0 Å². The van der Waals surface area contributed by atoms with Gasteiger partial charge in [0.1, 0.15) is 0 Å². The number of hydrogen-bond donors (Lipinski definition) is 1. The van der Waals surface area contributed by atoms with E-state index in [0.717, 1.165) is 6.42 Å². The number of benzene rings is 1. The van der Waals surface area contributed by atoms with Crippen LogP contribution >= 0.6 is 0 Å². The van der Waals surface area contributed by atoms with Crippen molar-refractivity contribution >= 4 is 11.8 Å². The Balaban J connectivity index is 2.14. The van der Waals surface area contributed by atoms with E-state index < -0.39 is 0 Å². The van der Waals surface area contributed by atoms with Gasteiger partial charge in [0.15, 0.2) is 0 Å². The van der Waals surface area contributed by atoms with Crippen molar-refractivity contribution in [2.24, 2.45) is 5.92 Å². The molecule has 3 heteroatoms. The van der Waals surface area contributed by atoms with Crippen LogP contribution in [0.25, 0.3) is 0 Å². The minimum Gasteiger partial charge on any atom is -0.296 e. The van der Waals surface area contributed by atoms with Crippen LogP contribution in [0, 0.1) is 5.92 Å². The maximum Gasteiger partial charge on any atom is 0.230 e. The van der Waals surface area contributed by atoms with Crippen molar-refractivity contribution in [3.8, 4) is 0 Å². The molecule has 16 heavy (non-hydrogen) atoms. The number of nitrogens with one attached hydrogen (secondary N) is 1. The topological polar surface area (TPSA) is 46.2 Å². The highest BCUT2D eigenvalue weighted by Gasteiger charge is 2.30. The zero-order valence-corrected chi connectivity index (χ0v) is 9.32. The molecule has 1 aromatic rings. The molecule has 1 heterocycles. The molecule has 1 aromatic carbocycles. The molecular formula is C13H15NO2. The number of aryl methyl sites for hydroxylation is 1. The summed E-state index contributed by atoms with van der Waals surface area (Å²) in [6.07, 6.45) is 1.96. The van der Waals surface area contributed by atoms with Crippen molar-refractivity contribution in [2.75, 3.05) is 0 Å². The minimum atomic E-state index is -0.180. The lowest BCUT2D eigenvalue weighted by molar-refractivity contribution is -0.125. The summed E-state index contributed by atoms with van der Waals surface area (Å²) in [6.45, 7) is 2.10. The van der Waals surface area contributed by atoms with E-state index in [9.17, 15) is 9.59 Å². The van der Waals surface area contributed by atoms with Crippen LogP contribution in [0.2, 0.25) is 0 Å². The second-order valence-corrected chi connectivity index (χ2v) is 4.14. The lowest BCUT2D eigenvalue weighted by Gasteiger charge is -2.10. The fourth-order valence-corrected chi connectivity index (χ4v) is 2.14. The van der Waals surface area contributed by atoms with Gasteiger partial charge in [-0.05, 0) is 24.0 Å². The Labute approximate surface area is 94.9 Å². The van der Waals surface area contributed by atoms with Gasteiger partial charge in [-0.25, -0.2) is 0 Å². The van der Waals surface area contributed by atoms with Crippen molar-refractivity contribution in [3.05, 3.63) is 35.4 Å². The number of imide groups is 1. The number of carbonyl (C=O) groups excluding carboxylic acids is 2. The van der Waals surface area contributed by atoms with E-state index in [-0.39, 0.29) is 17.7 Å². The molecule has 1 aliphatic rings. The highest BCUT2D eigenvalue weighted by atomic mass is 16.2. The summed E-state index contributed by atoms with van der Waals surface area (Å²) >= 11 is 0. The second-order valence-electron chi connectivity index (χ2n) is 4.14. The molecule has 1 fully saturated rings. The summed E-state index contributed by atoms with van der Waals surface area (Å²) in [5.41, 5.74) is 2.44. The Morgan fingerprint density at radius 1 is 1.25 bits per heavy atom. The molecule has 2 rings (SSSR count). The molecule has 2 amide bonds. The number of rotatable bonds is 3. The largest absolute Gasteiger partial charge is 0.296 e. The van der Waals surface area contributed by atoms with Gasteiger partial charge in [-0.15, -0.1) is 0 Å². The van der Waals surface area contributed by atoms with Gasteiger partial charge in [0, 0.05) is 6.42 Å². The van der Waals surface area contributed by atoms with Crippen LogP contribution in [0.1, 0.15) is 24.5 Å². The third kappa shape index (κ3) is 2.13. The predicted molar refractivity (Wildman–Crippen MR) is 60.8 cm³/mol. The Morgan fingerprint density at radius 3 is 2.50 bits per heavy atom. The molecule has 0 aliphatic carbocycles. The van der Waals surface area contributed by atoms with Crippen LogP contribution in [0.4, 0.5) is 0 Å². The third-order valence-corrected chi connectivity index (χ3v) is 3.03. The van der Waals surface area contributed by atoms with Crippen molar-refractivity contribution in [2.45, 2.75) is 26.2 Å².